The number of aryl methyl sites for hydroxylation is 1. The fraction of sp³-hybridized carbons (Fsp3) is 0.318. The normalized spacial score (nSPS) is 10.4. The van der Waals surface area contributed by atoms with E-state index < -0.39 is 0 Å². The number of nitrogens with zero attached hydrogens (tertiary/aromatic N) is 5. The predicted octanol–water partition coefficient (Wildman–Crippen LogP) is 1.96. The average Bonchev–Trinajstić information content (AvgIpc) is 3.22. The molecule has 0 saturated carbocycles. The number of aromatic nitrogens is 4. The molecule has 2 aromatic heterocycles. The van der Waals surface area contributed by atoms with E-state index in [1.165, 1.54) is 10.9 Å². The van der Waals surface area contributed by atoms with E-state index in [4.69, 9.17) is 4.74 Å². The lowest BCUT2D eigenvalue weighted by Crippen LogP contribution is -2.33. The lowest BCUT2D eigenvalue weighted by atomic mass is 10.2. The number of hydrogen-bond acceptors (Lipinski definition) is 7. The third-order valence-electron chi connectivity index (χ3n) is 4.56. The summed E-state index contributed by atoms with van der Waals surface area (Å²) in [5.41, 5.74) is 1.70. The zero-order valence-corrected chi connectivity index (χ0v) is 18.2. The molecule has 2 amide bonds. The second-order valence-corrected chi connectivity index (χ2v) is 7.20. The van der Waals surface area contributed by atoms with E-state index >= 15 is 0 Å². The van der Waals surface area contributed by atoms with Crippen LogP contribution in [0, 0.1) is 6.92 Å². The van der Waals surface area contributed by atoms with E-state index in [0.29, 0.717) is 31.3 Å². The van der Waals surface area contributed by atoms with Crippen molar-refractivity contribution < 1.29 is 14.3 Å². The van der Waals surface area contributed by atoms with Crippen LogP contribution in [-0.2, 0) is 16.1 Å². The number of hydrogen-bond donors (Lipinski definition) is 2. The molecular weight excluding hydrogens is 410 g/mol. The molecule has 0 saturated heterocycles. The molecule has 3 aromatic rings. The largest absolute Gasteiger partial charge is 0.492 e. The number of carbonyl (C=O) groups is 2. The zero-order chi connectivity index (χ0) is 22.8. The maximum atomic E-state index is 12.4. The summed E-state index contributed by atoms with van der Waals surface area (Å²) in [6.07, 6.45) is 6.63. The molecule has 32 heavy (non-hydrogen) atoms. The van der Waals surface area contributed by atoms with Gasteiger partial charge in [0.1, 0.15) is 18.9 Å². The Labute approximate surface area is 186 Å². The molecule has 3 rings (SSSR count). The molecule has 10 nitrogen and oxygen atoms in total. The van der Waals surface area contributed by atoms with Gasteiger partial charge in [-0.3, -0.25) is 14.3 Å². The number of amides is 2. The van der Waals surface area contributed by atoms with Crippen LogP contribution >= 0.6 is 0 Å². The number of rotatable bonds is 11. The van der Waals surface area contributed by atoms with Crippen LogP contribution in [0.4, 0.5) is 11.6 Å². The zero-order valence-electron chi connectivity index (χ0n) is 18.2. The molecule has 0 spiro atoms. The van der Waals surface area contributed by atoms with Crippen molar-refractivity contribution in [1.82, 2.24) is 24.6 Å². The summed E-state index contributed by atoms with van der Waals surface area (Å²) in [6.45, 7) is 3.34. The van der Waals surface area contributed by atoms with Gasteiger partial charge in [-0.2, -0.15) is 5.10 Å². The molecule has 1 aromatic carbocycles. The van der Waals surface area contributed by atoms with Gasteiger partial charge in [-0.05, 0) is 25.1 Å². The van der Waals surface area contributed by atoms with E-state index in [1.54, 1.807) is 36.6 Å². The first-order valence-electron chi connectivity index (χ1n) is 10.3. The fourth-order valence-electron chi connectivity index (χ4n) is 2.74. The van der Waals surface area contributed by atoms with E-state index in [-0.39, 0.29) is 24.8 Å². The fourth-order valence-corrected chi connectivity index (χ4v) is 2.74. The van der Waals surface area contributed by atoms with Crippen LogP contribution in [0.2, 0.25) is 0 Å². The SMILES string of the molecule is Cc1ccc(OCCN(C)C(=O)Cn2cc(NC(=O)CCNc3ncccn3)cn2)cc1. The summed E-state index contributed by atoms with van der Waals surface area (Å²) in [7, 11) is 1.72. The summed E-state index contributed by atoms with van der Waals surface area (Å²) in [5, 5.41) is 9.87. The van der Waals surface area contributed by atoms with Gasteiger partial charge in [0.25, 0.3) is 0 Å². The van der Waals surface area contributed by atoms with Crippen LogP contribution in [0.15, 0.2) is 55.1 Å². The van der Waals surface area contributed by atoms with E-state index in [9.17, 15) is 9.59 Å². The van der Waals surface area contributed by atoms with Crippen LogP contribution in [0.3, 0.4) is 0 Å². The smallest absolute Gasteiger partial charge is 0.244 e. The highest BCUT2D eigenvalue weighted by atomic mass is 16.5. The van der Waals surface area contributed by atoms with E-state index in [2.05, 4.69) is 25.7 Å². The van der Waals surface area contributed by atoms with Crippen molar-refractivity contribution in [2.75, 3.05) is 37.4 Å². The predicted molar refractivity (Wildman–Crippen MR) is 120 cm³/mol. The van der Waals surface area contributed by atoms with Gasteiger partial charge >= 0.3 is 0 Å². The first-order chi connectivity index (χ1) is 15.5. The Balaban J connectivity index is 1.36. The summed E-state index contributed by atoms with van der Waals surface area (Å²) in [5.74, 6) is 0.964. The number of anilines is 2. The molecule has 0 fully saturated rings. The van der Waals surface area contributed by atoms with Gasteiger partial charge in [-0.15, -0.1) is 0 Å². The first kappa shape index (κ1) is 22.7. The van der Waals surface area contributed by atoms with Crippen molar-refractivity contribution in [3.63, 3.8) is 0 Å². The molecular formula is C22H27N7O3. The second kappa shape index (κ2) is 11.4. The third-order valence-corrected chi connectivity index (χ3v) is 4.56. The Kier molecular flexibility index (Phi) is 8.13. The summed E-state index contributed by atoms with van der Waals surface area (Å²) < 4.78 is 7.15. The Bertz CT molecular complexity index is 1010. The molecule has 10 heteroatoms. The van der Waals surface area contributed by atoms with Gasteiger partial charge in [0, 0.05) is 38.6 Å². The van der Waals surface area contributed by atoms with Gasteiger partial charge in [-0.1, -0.05) is 17.7 Å². The van der Waals surface area contributed by atoms with Crippen molar-refractivity contribution in [2.45, 2.75) is 19.9 Å². The molecule has 2 heterocycles. The Morgan fingerprint density at radius 2 is 1.91 bits per heavy atom. The number of likely N-dealkylation sites (N-methyl/N-ethyl adjacent to an activating group) is 1. The van der Waals surface area contributed by atoms with E-state index in [0.717, 1.165) is 11.3 Å². The molecule has 0 unspecified atom stereocenters. The van der Waals surface area contributed by atoms with Gasteiger partial charge in [0.15, 0.2) is 0 Å². The monoisotopic (exact) mass is 437 g/mol. The topological polar surface area (TPSA) is 114 Å². The van der Waals surface area contributed by atoms with E-state index in [1.807, 2.05) is 31.2 Å². The van der Waals surface area contributed by atoms with Crippen LogP contribution in [0.1, 0.15) is 12.0 Å². The molecule has 2 N–H and O–H groups in total. The standard InChI is InChI=1S/C22H27N7O3/c1-17-4-6-19(7-5-17)32-13-12-28(2)21(31)16-29-15-18(14-26-29)27-20(30)8-11-25-22-23-9-3-10-24-22/h3-7,9-10,14-15H,8,11-13,16H2,1-2H3,(H,27,30)(H,23,24,25). The molecule has 0 atom stereocenters. The van der Waals surface area contributed by atoms with Crippen LogP contribution < -0.4 is 15.4 Å². The quantitative estimate of drug-likeness (QED) is 0.471. The Morgan fingerprint density at radius 1 is 1.16 bits per heavy atom. The van der Waals surface area contributed by atoms with Crippen molar-refractivity contribution >= 4 is 23.5 Å². The highest BCUT2D eigenvalue weighted by Crippen LogP contribution is 2.11. The molecule has 0 radical (unpaired) electrons. The molecule has 0 aliphatic rings. The molecule has 168 valence electrons. The van der Waals surface area contributed by atoms with Crippen LogP contribution in [-0.4, -0.2) is 63.2 Å². The number of benzene rings is 1. The minimum atomic E-state index is -0.176. The lowest BCUT2D eigenvalue weighted by molar-refractivity contribution is -0.131. The first-order valence-corrected chi connectivity index (χ1v) is 10.3. The van der Waals surface area contributed by atoms with Crippen LogP contribution in [0.25, 0.3) is 0 Å². The minimum Gasteiger partial charge on any atom is -0.492 e. The maximum absolute atomic E-state index is 12.4. The highest BCUT2D eigenvalue weighted by molar-refractivity contribution is 5.90. The third kappa shape index (κ3) is 7.38. The van der Waals surface area contributed by atoms with Gasteiger partial charge in [0.05, 0.1) is 18.4 Å². The van der Waals surface area contributed by atoms with Crippen molar-refractivity contribution in [1.29, 1.82) is 0 Å². The minimum absolute atomic E-state index is 0.0732. The van der Waals surface area contributed by atoms with Crippen molar-refractivity contribution in [3.05, 3.63) is 60.7 Å². The second-order valence-electron chi connectivity index (χ2n) is 7.20. The molecule has 0 bridgehead atoms. The molecule has 0 aliphatic heterocycles. The number of ether oxygens (including phenoxy) is 1. The highest BCUT2D eigenvalue weighted by Gasteiger charge is 2.11. The summed E-state index contributed by atoms with van der Waals surface area (Å²) >= 11 is 0. The Morgan fingerprint density at radius 3 is 2.66 bits per heavy atom. The van der Waals surface area contributed by atoms with Crippen LogP contribution in [0.5, 0.6) is 5.75 Å². The molecule has 0 aliphatic carbocycles. The van der Waals surface area contributed by atoms with Crippen molar-refractivity contribution in [2.24, 2.45) is 0 Å². The number of nitrogens with one attached hydrogen (secondary N) is 2. The van der Waals surface area contributed by atoms with Gasteiger partial charge in [-0.25, -0.2) is 9.97 Å². The van der Waals surface area contributed by atoms with Gasteiger partial charge in [0.2, 0.25) is 17.8 Å². The maximum Gasteiger partial charge on any atom is 0.244 e. The number of carbonyl (C=O) groups excluding carboxylic acids is 2. The summed E-state index contributed by atoms with van der Waals surface area (Å²) in [4.78, 5) is 34.1. The Hall–Kier alpha value is -3.95. The van der Waals surface area contributed by atoms with Crippen molar-refractivity contribution in [3.8, 4) is 5.75 Å². The lowest BCUT2D eigenvalue weighted by Gasteiger charge is -2.17. The summed E-state index contributed by atoms with van der Waals surface area (Å²) in [6, 6.07) is 9.49. The average molecular weight is 438 g/mol. The van der Waals surface area contributed by atoms with Gasteiger partial charge < -0.3 is 20.3 Å².